The molecule has 0 spiro atoms. The molecule has 1 aliphatic carbocycles. The van der Waals surface area contributed by atoms with Crippen molar-refractivity contribution in [2.75, 3.05) is 13.6 Å². The van der Waals surface area contributed by atoms with Crippen LogP contribution >= 0.6 is 15.9 Å². The van der Waals surface area contributed by atoms with Gasteiger partial charge in [0.2, 0.25) is 0 Å². The van der Waals surface area contributed by atoms with E-state index in [4.69, 9.17) is 5.73 Å². The first kappa shape index (κ1) is 15.9. The SMILES string of the molecule is CC1CCCC(N(C)C(CN)c2ccc(F)cc2Br)C1. The summed E-state index contributed by atoms with van der Waals surface area (Å²) in [7, 11) is 2.15. The van der Waals surface area contributed by atoms with Crippen molar-refractivity contribution >= 4 is 15.9 Å². The first-order chi connectivity index (χ1) is 9.52. The highest BCUT2D eigenvalue weighted by Crippen LogP contribution is 2.33. The van der Waals surface area contributed by atoms with Gasteiger partial charge >= 0.3 is 0 Å². The Morgan fingerprint density at radius 1 is 1.45 bits per heavy atom. The molecule has 2 nitrogen and oxygen atoms in total. The van der Waals surface area contributed by atoms with Gasteiger partial charge in [0, 0.05) is 23.1 Å². The van der Waals surface area contributed by atoms with Crippen LogP contribution in [0.5, 0.6) is 0 Å². The van der Waals surface area contributed by atoms with Crippen molar-refractivity contribution in [1.29, 1.82) is 0 Å². The molecule has 20 heavy (non-hydrogen) atoms. The Bertz CT molecular complexity index is 452. The van der Waals surface area contributed by atoms with Gasteiger partial charge in [-0.1, -0.05) is 41.8 Å². The van der Waals surface area contributed by atoms with Crippen LogP contribution in [0.4, 0.5) is 4.39 Å². The summed E-state index contributed by atoms with van der Waals surface area (Å²) in [6.07, 6.45) is 5.08. The Hall–Kier alpha value is -0.450. The number of hydrogen-bond acceptors (Lipinski definition) is 2. The lowest BCUT2D eigenvalue weighted by molar-refractivity contribution is 0.121. The normalized spacial score (nSPS) is 24.9. The molecule has 1 saturated carbocycles. The first-order valence-electron chi connectivity index (χ1n) is 7.40. The summed E-state index contributed by atoms with van der Waals surface area (Å²) in [6, 6.07) is 5.60. The Balaban J connectivity index is 2.18. The second-order valence-electron chi connectivity index (χ2n) is 6.01. The smallest absolute Gasteiger partial charge is 0.124 e. The molecule has 0 radical (unpaired) electrons. The summed E-state index contributed by atoms with van der Waals surface area (Å²) >= 11 is 3.47. The summed E-state index contributed by atoms with van der Waals surface area (Å²) in [5.41, 5.74) is 7.08. The lowest BCUT2D eigenvalue weighted by Crippen LogP contribution is -2.41. The summed E-state index contributed by atoms with van der Waals surface area (Å²) in [5, 5.41) is 0. The van der Waals surface area contributed by atoms with Crippen LogP contribution < -0.4 is 5.73 Å². The molecule has 0 heterocycles. The molecule has 2 rings (SSSR count). The largest absolute Gasteiger partial charge is 0.329 e. The molecule has 1 aromatic rings. The zero-order valence-electron chi connectivity index (χ0n) is 12.3. The van der Waals surface area contributed by atoms with Crippen molar-refractivity contribution < 1.29 is 4.39 Å². The third-order valence-electron chi connectivity index (χ3n) is 4.52. The van der Waals surface area contributed by atoms with E-state index in [0.717, 1.165) is 16.0 Å². The highest BCUT2D eigenvalue weighted by atomic mass is 79.9. The van der Waals surface area contributed by atoms with Crippen molar-refractivity contribution in [3.8, 4) is 0 Å². The lowest BCUT2D eigenvalue weighted by Gasteiger charge is -2.39. The van der Waals surface area contributed by atoms with E-state index in [0.29, 0.717) is 12.6 Å². The van der Waals surface area contributed by atoms with E-state index in [-0.39, 0.29) is 11.9 Å². The molecular formula is C16H24BrFN2. The van der Waals surface area contributed by atoms with Crippen LogP contribution in [0, 0.1) is 11.7 Å². The molecule has 0 aromatic heterocycles. The number of nitrogens with zero attached hydrogens (tertiary/aromatic N) is 1. The fraction of sp³-hybridized carbons (Fsp3) is 0.625. The van der Waals surface area contributed by atoms with E-state index in [1.165, 1.54) is 37.8 Å². The van der Waals surface area contributed by atoms with Gasteiger partial charge in [-0.25, -0.2) is 4.39 Å². The van der Waals surface area contributed by atoms with Crippen molar-refractivity contribution in [1.82, 2.24) is 4.90 Å². The highest BCUT2D eigenvalue weighted by Gasteiger charge is 2.28. The molecule has 1 aliphatic rings. The van der Waals surface area contributed by atoms with Crippen molar-refractivity contribution in [3.63, 3.8) is 0 Å². The Morgan fingerprint density at radius 2 is 2.20 bits per heavy atom. The van der Waals surface area contributed by atoms with Crippen LogP contribution in [-0.4, -0.2) is 24.5 Å². The maximum Gasteiger partial charge on any atom is 0.124 e. The predicted octanol–water partition coefficient (Wildman–Crippen LogP) is 4.10. The maximum absolute atomic E-state index is 13.2. The van der Waals surface area contributed by atoms with Crippen LogP contribution in [0.1, 0.15) is 44.2 Å². The van der Waals surface area contributed by atoms with Crippen molar-refractivity contribution in [3.05, 3.63) is 34.1 Å². The molecular weight excluding hydrogens is 319 g/mol. The molecule has 0 bridgehead atoms. The molecule has 1 aromatic carbocycles. The average molecular weight is 343 g/mol. The molecule has 3 atom stereocenters. The summed E-state index contributed by atoms with van der Waals surface area (Å²) in [6.45, 7) is 2.87. The molecule has 3 unspecified atom stereocenters. The molecule has 0 aliphatic heterocycles. The number of benzene rings is 1. The molecule has 4 heteroatoms. The topological polar surface area (TPSA) is 29.3 Å². The fourth-order valence-electron chi connectivity index (χ4n) is 3.31. The van der Waals surface area contributed by atoms with Gasteiger partial charge in [0.25, 0.3) is 0 Å². The summed E-state index contributed by atoms with van der Waals surface area (Å²) in [5.74, 6) is 0.566. The second-order valence-corrected chi connectivity index (χ2v) is 6.86. The van der Waals surface area contributed by atoms with Crippen LogP contribution in [0.3, 0.4) is 0 Å². The van der Waals surface area contributed by atoms with Crippen molar-refractivity contribution in [2.45, 2.75) is 44.7 Å². The molecule has 0 amide bonds. The van der Waals surface area contributed by atoms with Gasteiger partial charge in [0.1, 0.15) is 5.82 Å². The van der Waals surface area contributed by atoms with Crippen LogP contribution in [0.2, 0.25) is 0 Å². The zero-order chi connectivity index (χ0) is 14.7. The van der Waals surface area contributed by atoms with Gasteiger partial charge < -0.3 is 5.73 Å². The Morgan fingerprint density at radius 3 is 2.80 bits per heavy atom. The molecule has 1 fully saturated rings. The number of rotatable bonds is 4. The van der Waals surface area contributed by atoms with Gasteiger partial charge in [-0.3, -0.25) is 4.90 Å². The van der Waals surface area contributed by atoms with Gasteiger partial charge in [-0.15, -0.1) is 0 Å². The van der Waals surface area contributed by atoms with Crippen LogP contribution in [0.15, 0.2) is 22.7 Å². The third kappa shape index (κ3) is 3.60. The highest BCUT2D eigenvalue weighted by molar-refractivity contribution is 9.10. The Labute approximate surface area is 129 Å². The average Bonchev–Trinajstić information content (AvgIpc) is 2.41. The minimum Gasteiger partial charge on any atom is -0.329 e. The number of halogens is 2. The Kier molecular flexibility index (Phi) is 5.58. The minimum absolute atomic E-state index is 0.139. The van der Waals surface area contributed by atoms with Gasteiger partial charge in [-0.2, -0.15) is 0 Å². The maximum atomic E-state index is 13.2. The van der Waals surface area contributed by atoms with E-state index in [1.54, 1.807) is 0 Å². The van der Waals surface area contributed by atoms with Crippen molar-refractivity contribution in [2.24, 2.45) is 11.7 Å². The second kappa shape index (κ2) is 7.01. The predicted molar refractivity (Wildman–Crippen MR) is 85.1 cm³/mol. The molecule has 2 N–H and O–H groups in total. The quantitative estimate of drug-likeness (QED) is 0.892. The van der Waals surface area contributed by atoms with Gasteiger partial charge in [0.15, 0.2) is 0 Å². The van der Waals surface area contributed by atoms with E-state index < -0.39 is 0 Å². The number of nitrogens with two attached hydrogens (primary N) is 1. The molecule has 112 valence electrons. The minimum atomic E-state index is -0.217. The zero-order valence-corrected chi connectivity index (χ0v) is 13.9. The van der Waals surface area contributed by atoms with Crippen LogP contribution in [0.25, 0.3) is 0 Å². The standard InChI is InChI=1S/C16H24BrFN2/c1-11-4-3-5-13(8-11)20(2)16(10-19)14-7-6-12(18)9-15(14)17/h6-7,9,11,13,16H,3-5,8,10,19H2,1-2H3. The number of likely N-dealkylation sites (N-methyl/N-ethyl adjacent to an activating group) is 1. The molecule has 0 saturated heterocycles. The lowest BCUT2D eigenvalue weighted by atomic mass is 9.85. The summed E-state index contributed by atoms with van der Waals surface area (Å²) < 4.78 is 14.1. The van der Waals surface area contributed by atoms with E-state index >= 15 is 0 Å². The third-order valence-corrected chi connectivity index (χ3v) is 5.21. The monoisotopic (exact) mass is 342 g/mol. The van der Waals surface area contributed by atoms with Gasteiger partial charge in [0.05, 0.1) is 0 Å². The first-order valence-corrected chi connectivity index (χ1v) is 8.19. The van der Waals surface area contributed by atoms with Gasteiger partial charge in [-0.05, 0) is 43.5 Å². The van der Waals surface area contributed by atoms with E-state index in [9.17, 15) is 4.39 Å². The van der Waals surface area contributed by atoms with E-state index in [1.807, 2.05) is 6.07 Å². The fourth-order valence-corrected chi connectivity index (χ4v) is 3.93. The van der Waals surface area contributed by atoms with E-state index in [2.05, 4.69) is 34.8 Å². The number of hydrogen-bond donors (Lipinski definition) is 1. The van der Waals surface area contributed by atoms with Crippen LogP contribution in [-0.2, 0) is 0 Å². The summed E-state index contributed by atoms with van der Waals surface area (Å²) in [4.78, 5) is 2.38.